The van der Waals surface area contributed by atoms with Crippen molar-refractivity contribution in [3.8, 4) is 0 Å². The molecule has 3 unspecified atom stereocenters. The lowest BCUT2D eigenvalue weighted by Crippen LogP contribution is -2.45. The SMILES string of the molecule is O=C(NC1CCCCC1CBr)C1CCC(F)(F)C1. The van der Waals surface area contributed by atoms with Gasteiger partial charge in [0, 0.05) is 30.1 Å². The lowest BCUT2D eigenvalue weighted by atomic mass is 9.85. The molecule has 0 aromatic carbocycles. The van der Waals surface area contributed by atoms with Crippen molar-refractivity contribution in [3.05, 3.63) is 0 Å². The molecule has 18 heavy (non-hydrogen) atoms. The van der Waals surface area contributed by atoms with E-state index in [1.165, 1.54) is 6.42 Å². The fourth-order valence-electron chi connectivity index (χ4n) is 3.06. The second-order valence-corrected chi connectivity index (χ2v) is 6.26. The van der Waals surface area contributed by atoms with E-state index in [1.807, 2.05) is 0 Å². The fraction of sp³-hybridized carbons (Fsp3) is 0.923. The smallest absolute Gasteiger partial charge is 0.248 e. The molecule has 0 bridgehead atoms. The number of amides is 1. The molecule has 2 saturated carbocycles. The van der Waals surface area contributed by atoms with Crippen molar-refractivity contribution in [2.45, 2.75) is 56.9 Å². The van der Waals surface area contributed by atoms with Crippen LogP contribution >= 0.6 is 15.9 Å². The van der Waals surface area contributed by atoms with Gasteiger partial charge in [0.1, 0.15) is 0 Å². The van der Waals surface area contributed by atoms with Gasteiger partial charge in [-0.25, -0.2) is 8.78 Å². The van der Waals surface area contributed by atoms with Crippen LogP contribution < -0.4 is 5.32 Å². The van der Waals surface area contributed by atoms with Crippen LogP contribution in [0, 0.1) is 11.8 Å². The highest BCUT2D eigenvalue weighted by Crippen LogP contribution is 2.39. The number of rotatable bonds is 3. The van der Waals surface area contributed by atoms with Crippen LogP contribution in [0.25, 0.3) is 0 Å². The number of alkyl halides is 3. The fourth-order valence-corrected chi connectivity index (χ4v) is 3.83. The third-order valence-corrected chi connectivity index (χ3v) is 5.04. The monoisotopic (exact) mass is 323 g/mol. The molecule has 0 radical (unpaired) electrons. The van der Waals surface area contributed by atoms with Crippen LogP contribution in [0.3, 0.4) is 0 Å². The minimum absolute atomic E-state index is 0.141. The zero-order valence-electron chi connectivity index (χ0n) is 10.4. The Morgan fingerprint density at radius 2 is 2.00 bits per heavy atom. The Labute approximate surface area is 115 Å². The van der Waals surface area contributed by atoms with Gasteiger partial charge < -0.3 is 5.32 Å². The average Bonchev–Trinajstić information content (AvgIpc) is 2.70. The van der Waals surface area contributed by atoms with Crippen molar-refractivity contribution in [1.82, 2.24) is 5.32 Å². The standard InChI is InChI=1S/C13H20BrF2NO/c14-8-10-3-1-2-4-11(10)17-12(18)9-5-6-13(15,16)7-9/h9-11H,1-8H2,(H,17,18). The first-order valence-electron chi connectivity index (χ1n) is 6.76. The number of hydrogen-bond donors (Lipinski definition) is 1. The highest BCUT2D eigenvalue weighted by Gasteiger charge is 2.43. The molecule has 2 nitrogen and oxygen atoms in total. The van der Waals surface area contributed by atoms with Crippen molar-refractivity contribution in [2.24, 2.45) is 11.8 Å². The molecule has 2 fully saturated rings. The second kappa shape index (κ2) is 5.85. The molecule has 0 aromatic heterocycles. The van der Waals surface area contributed by atoms with Crippen LogP contribution in [-0.4, -0.2) is 23.2 Å². The first-order chi connectivity index (χ1) is 8.52. The summed E-state index contributed by atoms with van der Waals surface area (Å²) < 4.78 is 26.2. The van der Waals surface area contributed by atoms with Gasteiger partial charge in [-0.05, 0) is 25.2 Å². The Bertz CT molecular complexity index is 311. The molecular weight excluding hydrogens is 304 g/mol. The normalized spacial score (nSPS) is 35.4. The first kappa shape index (κ1) is 14.2. The summed E-state index contributed by atoms with van der Waals surface area (Å²) >= 11 is 3.47. The molecule has 0 saturated heterocycles. The van der Waals surface area contributed by atoms with E-state index >= 15 is 0 Å². The van der Waals surface area contributed by atoms with E-state index in [2.05, 4.69) is 21.2 Å². The van der Waals surface area contributed by atoms with Gasteiger partial charge in [0.2, 0.25) is 11.8 Å². The number of nitrogens with one attached hydrogen (secondary N) is 1. The summed E-state index contributed by atoms with van der Waals surface area (Å²) in [5.74, 6) is -2.84. The Morgan fingerprint density at radius 1 is 1.28 bits per heavy atom. The van der Waals surface area contributed by atoms with Crippen LogP contribution in [0.5, 0.6) is 0 Å². The van der Waals surface area contributed by atoms with Crippen LogP contribution in [0.15, 0.2) is 0 Å². The maximum absolute atomic E-state index is 13.1. The van der Waals surface area contributed by atoms with Gasteiger partial charge >= 0.3 is 0 Å². The van der Waals surface area contributed by atoms with E-state index < -0.39 is 11.8 Å². The van der Waals surface area contributed by atoms with Gasteiger partial charge in [0.05, 0.1) is 0 Å². The molecule has 3 atom stereocenters. The van der Waals surface area contributed by atoms with E-state index in [-0.39, 0.29) is 24.8 Å². The highest BCUT2D eigenvalue weighted by molar-refractivity contribution is 9.09. The lowest BCUT2D eigenvalue weighted by molar-refractivity contribution is -0.127. The summed E-state index contributed by atoms with van der Waals surface area (Å²) in [6.07, 6.45) is 4.31. The minimum Gasteiger partial charge on any atom is -0.353 e. The van der Waals surface area contributed by atoms with Gasteiger partial charge in [-0.2, -0.15) is 0 Å². The number of halogens is 3. The zero-order valence-corrected chi connectivity index (χ0v) is 12.0. The van der Waals surface area contributed by atoms with Gasteiger partial charge in [-0.1, -0.05) is 28.8 Å². The zero-order chi connectivity index (χ0) is 13.2. The van der Waals surface area contributed by atoms with E-state index in [0.29, 0.717) is 12.3 Å². The van der Waals surface area contributed by atoms with E-state index in [0.717, 1.165) is 24.6 Å². The van der Waals surface area contributed by atoms with E-state index in [1.54, 1.807) is 0 Å². The Hall–Kier alpha value is -0.190. The summed E-state index contributed by atoms with van der Waals surface area (Å²) in [5, 5.41) is 3.87. The van der Waals surface area contributed by atoms with Gasteiger partial charge in [0.15, 0.2) is 0 Å². The van der Waals surface area contributed by atoms with Gasteiger partial charge in [0.25, 0.3) is 0 Å². The Morgan fingerprint density at radius 3 is 2.61 bits per heavy atom. The van der Waals surface area contributed by atoms with Crippen LogP contribution in [0.4, 0.5) is 8.78 Å². The van der Waals surface area contributed by atoms with Crippen LogP contribution in [0.1, 0.15) is 44.9 Å². The number of hydrogen-bond acceptors (Lipinski definition) is 1. The molecule has 0 aliphatic heterocycles. The molecule has 0 heterocycles. The van der Waals surface area contributed by atoms with Gasteiger partial charge in [-0.3, -0.25) is 4.79 Å². The lowest BCUT2D eigenvalue weighted by Gasteiger charge is -2.31. The summed E-state index contributed by atoms with van der Waals surface area (Å²) in [7, 11) is 0. The molecule has 0 spiro atoms. The maximum Gasteiger partial charge on any atom is 0.248 e. The van der Waals surface area contributed by atoms with Gasteiger partial charge in [-0.15, -0.1) is 0 Å². The second-order valence-electron chi connectivity index (χ2n) is 5.61. The van der Waals surface area contributed by atoms with Crippen LogP contribution in [0.2, 0.25) is 0 Å². The topological polar surface area (TPSA) is 29.1 Å². The third kappa shape index (κ3) is 3.43. The van der Waals surface area contributed by atoms with Crippen molar-refractivity contribution in [3.63, 3.8) is 0 Å². The molecule has 2 rings (SSSR count). The minimum atomic E-state index is -2.64. The summed E-state index contributed by atoms with van der Waals surface area (Å²) in [4.78, 5) is 12.0. The van der Waals surface area contributed by atoms with Crippen LogP contribution in [-0.2, 0) is 4.79 Å². The quantitative estimate of drug-likeness (QED) is 0.791. The first-order valence-corrected chi connectivity index (χ1v) is 7.88. The molecule has 0 aromatic rings. The molecule has 2 aliphatic carbocycles. The number of carbonyl (C=O) groups excluding carboxylic acids is 1. The molecule has 104 valence electrons. The van der Waals surface area contributed by atoms with E-state index in [4.69, 9.17) is 0 Å². The molecule has 2 aliphatic rings. The van der Waals surface area contributed by atoms with E-state index in [9.17, 15) is 13.6 Å². The van der Waals surface area contributed by atoms with Crippen molar-refractivity contribution < 1.29 is 13.6 Å². The van der Waals surface area contributed by atoms with Crippen molar-refractivity contribution in [2.75, 3.05) is 5.33 Å². The maximum atomic E-state index is 13.1. The summed E-state index contributed by atoms with van der Waals surface area (Å²) in [6.45, 7) is 0. The Balaban J connectivity index is 1.87. The van der Waals surface area contributed by atoms with Crippen molar-refractivity contribution >= 4 is 21.8 Å². The largest absolute Gasteiger partial charge is 0.353 e. The Kier molecular flexibility index (Phi) is 4.62. The van der Waals surface area contributed by atoms with Crippen molar-refractivity contribution in [1.29, 1.82) is 0 Å². The molecule has 1 N–H and O–H groups in total. The third-order valence-electron chi connectivity index (χ3n) is 4.21. The molecule has 5 heteroatoms. The predicted molar refractivity (Wildman–Crippen MR) is 70.0 cm³/mol. The summed E-state index contributed by atoms with van der Waals surface area (Å²) in [6, 6.07) is 0.167. The summed E-state index contributed by atoms with van der Waals surface area (Å²) in [5.41, 5.74) is 0. The number of carbonyl (C=O) groups is 1. The highest BCUT2D eigenvalue weighted by atomic mass is 79.9. The predicted octanol–water partition coefficient (Wildman–Crippen LogP) is 3.49. The average molecular weight is 324 g/mol. The molecule has 1 amide bonds. The molecular formula is C13H20BrF2NO.